The molecule has 1 atom stereocenters. The van der Waals surface area contributed by atoms with Crippen molar-refractivity contribution in [3.63, 3.8) is 0 Å². The number of rotatable bonds is 1. The third-order valence-corrected chi connectivity index (χ3v) is 3.84. The van der Waals surface area contributed by atoms with E-state index in [0.29, 0.717) is 35.8 Å². The van der Waals surface area contributed by atoms with Gasteiger partial charge in [0.15, 0.2) is 0 Å². The third-order valence-electron chi connectivity index (χ3n) is 3.84. The predicted octanol–water partition coefficient (Wildman–Crippen LogP) is 2.58. The second-order valence-electron chi connectivity index (χ2n) is 5.61. The molecule has 0 aromatic heterocycles. The van der Waals surface area contributed by atoms with Gasteiger partial charge in [-0.3, -0.25) is 4.79 Å². The van der Waals surface area contributed by atoms with Gasteiger partial charge >= 0.3 is 0 Å². The topological polar surface area (TPSA) is 40.5 Å². The number of carbonyl (C=O) groups is 1. The summed E-state index contributed by atoms with van der Waals surface area (Å²) in [6.45, 7) is 2.57. The zero-order chi connectivity index (χ0) is 14.3. The number of hydrogen-bond acceptors (Lipinski definition) is 2. The van der Waals surface area contributed by atoms with E-state index in [9.17, 15) is 14.3 Å². The highest BCUT2D eigenvalue weighted by atomic mass is 19.1. The lowest BCUT2D eigenvalue weighted by molar-refractivity contribution is 0.0573. The molecule has 20 heavy (non-hydrogen) atoms. The maximum absolute atomic E-state index is 13.8. The number of fused-ring (bicyclic) bond motifs is 1. The fourth-order valence-electron chi connectivity index (χ4n) is 2.74. The Kier molecular flexibility index (Phi) is 2.98. The van der Waals surface area contributed by atoms with Crippen LogP contribution in [0, 0.1) is 5.82 Å². The van der Waals surface area contributed by atoms with Crippen molar-refractivity contribution < 1.29 is 14.3 Å². The van der Waals surface area contributed by atoms with Crippen molar-refractivity contribution in [2.75, 3.05) is 13.1 Å². The summed E-state index contributed by atoms with van der Waals surface area (Å²) in [5.74, 6) is -0.482. The molecular formula is C16H16FNO2. The van der Waals surface area contributed by atoms with Crippen LogP contribution in [0.3, 0.4) is 0 Å². The van der Waals surface area contributed by atoms with Gasteiger partial charge < -0.3 is 10.0 Å². The van der Waals surface area contributed by atoms with Crippen molar-refractivity contribution in [3.05, 3.63) is 47.8 Å². The number of aliphatic hydroxyl groups is 1. The summed E-state index contributed by atoms with van der Waals surface area (Å²) >= 11 is 0. The van der Waals surface area contributed by atoms with Crippen molar-refractivity contribution in [2.45, 2.75) is 18.9 Å². The van der Waals surface area contributed by atoms with Gasteiger partial charge in [-0.05, 0) is 30.9 Å². The summed E-state index contributed by atoms with van der Waals surface area (Å²) in [5, 5.41) is 11.0. The summed E-state index contributed by atoms with van der Waals surface area (Å²) < 4.78 is 13.8. The number of benzene rings is 2. The Balaban J connectivity index is 2.03. The van der Waals surface area contributed by atoms with Gasteiger partial charge in [0, 0.05) is 24.0 Å². The molecule has 0 radical (unpaired) electrons. The van der Waals surface area contributed by atoms with Crippen molar-refractivity contribution >= 4 is 16.7 Å². The van der Waals surface area contributed by atoms with Crippen molar-refractivity contribution in [3.8, 4) is 0 Å². The molecule has 1 amide bonds. The maximum Gasteiger partial charge on any atom is 0.254 e. The Labute approximate surface area is 116 Å². The van der Waals surface area contributed by atoms with E-state index in [1.807, 2.05) is 0 Å². The van der Waals surface area contributed by atoms with Gasteiger partial charge in [-0.15, -0.1) is 0 Å². The van der Waals surface area contributed by atoms with E-state index < -0.39 is 5.60 Å². The fraction of sp³-hybridized carbons (Fsp3) is 0.312. The predicted molar refractivity (Wildman–Crippen MR) is 75.1 cm³/mol. The SMILES string of the molecule is CC1(O)CCN(C(=O)c2ccc(F)c3ccccc23)C1. The zero-order valence-corrected chi connectivity index (χ0v) is 11.3. The summed E-state index contributed by atoms with van der Waals surface area (Å²) in [6, 6.07) is 9.80. The smallest absolute Gasteiger partial charge is 0.254 e. The first-order chi connectivity index (χ1) is 9.48. The number of β-amino-alcohol motifs (C(OH)–C–C–N with tert-alkyl or cyclic N) is 1. The average Bonchev–Trinajstić information content (AvgIpc) is 2.79. The van der Waals surface area contributed by atoms with Gasteiger partial charge in [-0.25, -0.2) is 4.39 Å². The molecule has 1 saturated heterocycles. The van der Waals surface area contributed by atoms with E-state index in [0.717, 1.165) is 0 Å². The van der Waals surface area contributed by atoms with Crippen LogP contribution in [0.5, 0.6) is 0 Å². The lowest BCUT2D eigenvalue weighted by atomic mass is 10.0. The van der Waals surface area contributed by atoms with Gasteiger partial charge in [-0.2, -0.15) is 0 Å². The molecule has 104 valence electrons. The van der Waals surface area contributed by atoms with Crippen LogP contribution >= 0.6 is 0 Å². The number of halogens is 1. The second-order valence-corrected chi connectivity index (χ2v) is 5.61. The van der Waals surface area contributed by atoms with Crippen LogP contribution in [0.15, 0.2) is 36.4 Å². The minimum atomic E-state index is -0.828. The van der Waals surface area contributed by atoms with Crippen LogP contribution in [0.25, 0.3) is 10.8 Å². The van der Waals surface area contributed by atoms with Gasteiger partial charge in [0.2, 0.25) is 0 Å². The highest BCUT2D eigenvalue weighted by molar-refractivity contribution is 6.07. The summed E-state index contributed by atoms with van der Waals surface area (Å²) in [4.78, 5) is 14.2. The molecule has 3 nitrogen and oxygen atoms in total. The summed E-state index contributed by atoms with van der Waals surface area (Å²) in [6.07, 6.45) is 0.567. The summed E-state index contributed by atoms with van der Waals surface area (Å²) in [5.41, 5.74) is -0.342. The van der Waals surface area contributed by atoms with Crippen LogP contribution in [-0.4, -0.2) is 34.6 Å². The number of carbonyl (C=O) groups excluding carboxylic acids is 1. The van der Waals surface area contributed by atoms with Gasteiger partial charge in [0.25, 0.3) is 5.91 Å². The quantitative estimate of drug-likeness (QED) is 0.867. The van der Waals surface area contributed by atoms with E-state index in [1.165, 1.54) is 12.1 Å². The first-order valence-corrected chi connectivity index (χ1v) is 6.67. The monoisotopic (exact) mass is 273 g/mol. The van der Waals surface area contributed by atoms with Crippen LogP contribution in [0.1, 0.15) is 23.7 Å². The Morgan fingerprint density at radius 2 is 1.95 bits per heavy atom. The number of amides is 1. The average molecular weight is 273 g/mol. The van der Waals surface area contributed by atoms with Crippen molar-refractivity contribution in [1.82, 2.24) is 4.90 Å². The van der Waals surface area contributed by atoms with Gasteiger partial charge in [0.05, 0.1) is 5.60 Å². The minimum Gasteiger partial charge on any atom is -0.388 e. The molecule has 4 heteroatoms. The molecule has 0 bridgehead atoms. The lowest BCUT2D eigenvalue weighted by Crippen LogP contribution is -2.34. The van der Waals surface area contributed by atoms with Crippen LogP contribution < -0.4 is 0 Å². The second kappa shape index (κ2) is 4.56. The highest BCUT2D eigenvalue weighted by Gasteiger charge is 2.34. The first-order valence-electron chi connectivity index (χ1n) is 6.67. The standard InChI is InChI=1S/C16H16FNO2/c1-16(20)8-9-18(10-16)15(19)13-6-7-14(17)12-5-3-2-4-11(12)13/h2-7,20H,8-10H2,1H3. The Hall–Kier alpha value is -1.94. The van der Waals surface area contributed by atoms with E-state index in [-0.39, 0.29) is 11.7 Å². The molecule has 2 aromatic rings. The van der Waals surface area contributed by atoms with Crippen molar-refractivity contribution in [1.29, 1.82) is 0 Å². The molecule has 1 aliphatic rings. The highest BCUT2D eigenvalue weighted by Crippen LogP contribution is 2.26. The molecule has 0 saturated carbocycles. The van der Waals surface area contributed by atoms with Crippen LogP contribution in [0.4, 0.5) is 4.39 Å². The summed E-state index contributed by atoms with van der Waals surface area (Å²) in [7, 11) is 0. The van der Waals surface area contributed by atoms with Gasteiger partial charge in [0.1, 0.15) is 5.82 Å². The van der Waals surface area contributed by atoms with E-state index in [1.54, 1.807) is 36.1 Å². The molecule has 2 aromatic carbocycles. The molecular weight excluding hydrogens is 257 g/mol. The molecule has 1 heterocycles. The largest absolute Gasteiger partial charge is 0.388 e. The molecule has 1 N–H and O–H groups in total. The minimum absolute atomic E-state index is 0.154. The normalized spacial score (nSPS) is 22.4. The first kappa shape index (κ1) is 13.1. The Morgan fingerprint density at radius 3 is 2.60 bits per heavy atom. The Morgan fingerprint density at radius 1 is 1.25 bits per heavy atom. The molecule has 3 rings (SSSR count). The lowest BCUT2D eigenvalue weighted by Gasteiger charge is -2.20. The molecule has 0 aliphatic carbocycles. The molecule has 1 fully saturated rings. The molecule has 1 unspecified atom stereocenters. The molecule has 0 spiro atoms. The van der Waals surface area contributed by atoms with E-state index >= 15 is 0 Å². The van der Waals surface area contributed by atoms with Crippen LogP contribution in [-0.2, 0) is 0 Å². The third kappa shape index (κ3) is 2.16. The van der Waals surface area contributed by atoms with Crippen LogP contribution in [0.2, 0.25) is 0 Å². The number of likely N-dealkylation sites (tertiary alicyclic amines) is 1. The number of hydrogen-bond donors (Lipinski definition) is 1. The van der Waals surface area contributed by atoms with Crippen molar-refractivity contribution in [2.24, 2.45) is 0 Å². The zero-order valence-electron chi connectivity index (χ0n) is 11.3. The van der Waals surface area contributed by atoms with E-state index in [4.69, 9.17) is 0 Å². The number of nitrogens with zero attached hydrogens (tertiary/aromatic N) is 1. The van der Waals surface area contributed by atoms with E-state index in [2.05, 4.69) is 0 Å². The fourth-order valence-corrected chi connectivity index (χ4v) is 2.74. The molecule has 1 aliphatic heterocycles. The Bertz CT molecular complexity index is 681. The van der Waals surface area contributed by atoms with Gasteiger partial charge in [-0.1, -0.05) is 24.3 Å². The maximum atomic E-state index is 13.8.